The Morgan fingerprint density at radius 2 is 2.04 bits per heavy atom. The molecular weight excluding hydrogens is 403 g/mol. The van der Waals surface area contributed by atoms with Crippen molar-refractivity contribution in [1.82, 2.24) is 0 Å². The molecule has 1 aliphatic heterocycles. The molecule has 0 bridgehead atoms. The van der Waals surface area contributed by atoms with E-state index >= 15 is 0 Å². The summed E-state index contributed by atoms with van der Waals surface area (Å²) >= 11 is 2.23. The van der Waals surface area contributed by atoms with Gasteiger partial charge in [-0.1, -0.05) is 6.07 Å². The van der Waals surface area contributed by atoms with Crippen molar-refractivity contribution in [3.05, 3.63) is 51.6 Å². The van der Waals surface area contributed by atoms with Crippen molar-refractivity contribution in [2.45, 2.75) is 13.3 Å². The Balaban J connectivity index is 1.59. The lowest BCUT2D eigenvalue weighted by atomic mass is 10.1. The summed E-state index contributed by atoms with van der Waals surface area (Å²) in [5.74, 6) is 0.552. The molecule has 1 aliphatic rings. The van der Waals surface area contributed by atoms with Gasteiger partial charge in [-0.2, -0.15) is 0 Å². The van der Waals surface area contributed by atoms with Crippen molar-refractivity contribution < 1.29 is 9.53 Å². The Morgan fingerprint density at radius 1 is 1.26 bits per heavy atom. The van der Waals surface area contributed by atoms with Gasteiger partial charge in [0.1, 0.15) is 5.75 Å². The van der Waals surface area contributed by atoms with Crippen LogP contribution < -0.4 is 15.0 Å². The lowest BCUT2D eigenvalue weighted by Gasteiger charge is -2.17. The number of rotatable bonds is 5. The van der Waals surface area contributed by atoms with Gasteiger partial charge in [0.2, 0.25) is 0 Å². The summed E-state index contributed by atoms with van der Waals surface area (Å²) in [6.07, 6.45) is 1.08. The van der Waals surface area contributed by atoms with Crippen LogP contribution >= 0.6 is 22.6 Å². The molecule has 4 nitrogen and oxygen atoms in total. The second kappa shape index (κ2) is 7.21. The highest BCUT2D eigenvalue weighted by Gasteiger charge is 2.18. The molecule has 0 aliphatic carbocycles. The predicted molar refractivity (Wildman–Crippen MR) is 101 cm³/mol. The number of ether oxygens (including phenoxy) is 1. The SMILES string of the molecule is CCN1CCc2ccc(NC(=O)COc3ccc(I)cc3)cc21. The summed E-state index contributed by atoms with van der Waals surface area (Å²) in [6.45, 7) is 4.20. The van der Waals surface area contributed by atoms with Gasteiger partial charge in [-0.15, -0.1) is 0 Å². The number of nitrogens with zero attached hydrogens (tertiary/aromatic N) is 1. The summed E-state index contributed by atoms with van der Waals surface area (Å²) in [7, 11) is 0. The van der Waals surface area contributed by atoms with E-state index in [9.17, 15) is 4.79 Å². The van der Waals surface area contributed by atoms with Gasteiger partial charge in [0, 0.05) is 28.0 Å². The number of carbonyl (C=O) groups excluding carboxylic acids is 1. The molecule has 0 radical (unpaired) electrons. The predicted octanol–water partition coefficient (Wildman–Crippen LogP) is 3.69. The highest BCUT2D eigenvalue weighted by molar-refractivity contribution is 14.1. The van der Waals surface area contributed by atoms with Crippen LogP contribution in [-0.4, -0.2) is 25.6 Å². The largest absolute Gasteiger partial charge is 0.484 e. The first-order chi connectivity index (χ1) is 11.2. The van der Waals surface area contributed by atoms with Gasteiger partial charge >= 0.3 is 0 Å². The van der Waals surface area contributed by atoms with Crippen LogP contribution in [0, 0.1) is 3.57 Å². The minimum Gasteiger partial charge on any atom is -0.484 e. The van der Waals surface area contributed by atoms with E-state index < -0.39 is 0 Å². The Hall–Kier alpha value is -1.76. The number of benzene rings is 2. The third-order valence-corrected chi connectivity index (χ3v) is 4.65. The van der Waals surface area contributed by atoms with E-state index in [0.717, 1.165) is 28.8 Å². The lowest BCUT2D eigenvalue weighted by Crippen LogP contribution is -2.21. The zero-order valence-electron chi connectivity index (χ0n) is 13.0. The summed E-state index contributed by atoms with van der Waals surface area (Å²) in [5, 5.41) is 2.91. The summed E-state index contributed by atoms with van der Waals surface area (Å²) in [5.41, 5.74) is 3.39. The molecule has 1 N–H and O–H groups in total. The Labute approximate surface area is 150 Å². The first-order valence-electron chi connectivity index (χ1n) is 7.72. The molecule has 0 aromatic heterocycles. The van der Waals surface area contributed by atoms with E-state index in [1.165, 1.54) is 11.3 Å². The maximum atomic E-state index is 12.1. The van der Waals surface area contributed by atoms with Gasteiger partial charge in [-0.05, 0) is 77.9 Å². The molecule has 0 spiro atoms. The fraction of sp³-hybridized carbons (Fsp3) is 0.278. The van der Waals surface area contributed by atoms with Gasteiger partial charge in [-0.25, -0.2) is 0 Å². The van der Waals surface area contributed by atoms with Gasteiger partial charge in [0.05, 0.1) is 0 Å². The average Bonchev–Trinajstić information content (AvgIpc) is 2.96. The van der Waals surface area contributed by atoms with Gasteiger partial charge in [0.25, 0.3) is 5.91 Å². The highest BCUT2D eigenvalue weighted by atomic mass is 127. The molecule has 0 unspecified atom stereocenters. The van der Waals surface area contributed by atoms with E-state index in [0.29, 0.717) is 5.75 Å². The quantitative estimate of drug-likeness (QED) is 0.748. The van der Waals surface area contributed by atoms with Crippen molar-refractivity contribution >= 4 is 39.9 Å². The number of hydrogen-bond acceptors (Lipinski definition) is 3. The van der Waals surface area contributed by atoms with Crippen LogP contribution in [0.2, 0.25) is 0 Å². The molecule has 2 aromatic rings. The average molecular weight is 422 g/mol. The monoisotopic (exact) mass is 422 g/mol. The maximum Gasteiger partial charge on any atom is 0.262 e. The molecule has 23 heavy (non-hydrogen) atoms. The molecule has 1 amide bonds. The Morgan fingerprint density at radius 3 is 2.78 bits per heavy atom. The van der Waals surface area contributed by atoms with E-state index in [-0.39, 0.29) is 12.5 Å². The van der Waals surface area contributed by atoms with Crippen LogP contribution in [0.3, 0.4) is 0 Å². The van der Waals surface area contributed by atoms with E-state index in [2.05, 4.69) is 51.9 Å². The molecule has 5 heteroatoms. The number of hydrogen-bond donors (Lipinski definition) is 1. The zero-order valence-corrected chi connectivity index (χ0v) is 15.2. The number of halogens is 1. The standard InChI is InChI=1S/C18H19IN2O2/c1-2-21-10-9-13-3-6-15(11-17(13)21)20-18(22)12-23-16-7-4-14(19)5-8-16/h3-8,11H,2,9-10,12H2,1H3,(H,20,22). The molecule has 0 atom stereocenters. The van der Waals surface area contributed by atoms with E-state index in [4.69, 9.17) is 4.74 Å². The number of anilines is 2. The smallest absolute Gasteiger partial charge is 0.262 e. The molecule has 2 aromatic carbocycles. The van der Waals surface area contributed by atoms with Crippen LogP contribution in [-0.2, 0) is 11.2 Å². The number of fused-ring (bicyclic) bond motifs is 1. The lowest BCUT2D eigenvalue weighted by molar-refractivity contribution is -0.118. The van der Waals surface area contributed by atoms with Crippen molar-refractivity contribution in [3.8, 4) is 5.75 Å². The van der Waals surface area contributed by atoms with Crippen molar-refractivity contribution in [3.63, 3.8) is 0 Å². The number of likely N-dealkylation sites (N-methyl/N-ethyl adjacent to an activating group) is 1. The first kappa shape index (κ1) is 16.1. The molecule has 0 saturated carbocycles. The molecule has 3 rings (SSSR count). The second-order valence-corrected chi connectivity index (χ2v) is 6.71. The molecule has 1 heterocycles. The van der Waals surface area contributed by atoms with Gasteiger partial charge < -0.3 is 15.0 Å². The number of amides is 1. The Kier molecular flexibility index (Phi) is 5.05. The van der Waals surface area contributed by atoms with Crippen molar-refractivity contribution in [2.75, 3.05) is 29.9 Å². The van der Waals surface area contributed by atoms with E-state index in [1.807, 2.05) is 30.3 Å². The third-order valence-electron chi connectivity index (χ3n) is 3.93. The van der Waals surface area contributed by atoms with Crippen LogP contribution in [0.1, 0.15) is 12.5 Å². The molecule has 0 saturated heterocycles. The number of nitrogens with one attached hydrogen (secondary N) is 1. The number of carbonyl (C=O) groups is 1. The molecule has 120 valence electrons. The first-order valence-corrected chi connectivity index (χ1v) is 8.79. The third kappa shape index (κ3) is 3.96. The maximum absolute atomic E-state index is 12.1. The van der Waals surface area contributed by atoms with Crippen molar-refractivity contribution in [1.29, 1.82) is 0 Å². The summed E-state index contributed by atoms with van der Waals surface area (Å²) in [6, 6.07) is 13.7. The molecule has 0 fully saturated rings. The summed E-state index contributed by atoms with van der Waals surface area (Å²) < 4.78 is 6.64. The van der Waals surface area contributed by atoms with Crippen LogP contribution in [0.4, 0.5) is 11.4 Å². The zero-order chi connectivity index (χ0) is 16.2. The normalized spacial score (nSPS) is 12.9. The second-order valence-electron chi connectivity index (χ2n) is 5.46. The van der Waals surface area contributed by atoms with Crippen molar-refractivity contribution in [2.24, 2.45) is 0 Å². The Bertz CT molecular complexity index is 701. The fourth-order valence-corrected chi connectivity index (χ4v) is 3.09. The topological polar surface area (TPSA) is 41.6 Å². The minimum absolute atomic E-state index is 0.00910. The van der Waals surface area contributed by atoms with Gasteiger partial charge in [-0.3, -0.25) is 4.79 Å². The molecular formula is C18H19IN2O2. The van der Waals surface area contributed by atoms with Crippen LogP contribution in [0.15, 0.2) is 42.5 Å². The van der Waals surface area contributed by atoms with Crippen LogP contribution in [0.25, 0.3) is 0 Å². The highest BCUT2D eigenvalue weighted by Crippen LogP contribution is 2.30. The van der Waals surface area contributed by atoms with Gasteiger partial charge in [0.15, 0.2) is 6.61 Å². The summed E-state index contributed by atoms with van der Waals surface area (Å²) in [4.78, 5) is 14.4. The van der Waals surface area contributed by atoms with E-state index in [1.54, 1.807) is 0 Å². The minimum atomic E-state index is -0.149. The fourth-order valence-electron chi connectivity index (χ4n) is 2.73. The van der Waals surface area contributed by atoms with Crippen LogP contribution in [0.5, 0.6) is 5.75 Å².